The second-order valence-electron chi connectivity index (χ2n) is 10.6. The zero-order valence-corrected chi connectivity index (χ0v) is 23.1. The number of rotatable bonds is 6. The van der Waals surface area contributed by atoms with E-state index in [4.69, 9.17) is 0 Å². The Morgan fingerprint density at radius 1 is 0.429 bits per heavy atom. The molecule has 3 nitrogen and oxygen atoms in total. The number of pyridine rings is 3. The molecule has 3 heterocycles. The standard InChI is InChI=1S/C39H29N3/c1-4-31(28-10-16-40-17-11-28)22-34(7-1)37-25-38(35-8-2-5-32(23-35)29-12-18-41-19-13-29)27-39(26-37)36-9-3-6-33(24-36)30-14-20-42-21-15-30/h1-23,25-27,36H,24H2. The van der Waals surface area contributed by atoms with Crippen LogP contribution in [0.2, 0.25) is 0 Å². The molecule has 0 aliphatic heterocycles. The van der Waals surface area contributed by atoms with Crippen LogP contribution in [-0.2, 0) is 0 Å². The normalized spacial score (nSPS) is 14.4. The Balaban J connectivity index is 1.33. The molecule has 1 unspecified atom stereocenters. The smallest absolute Gasteiger partial charge is 0.0273 e. The predicted molar refractivity (Wildman–Crippen MR) is 172 cm³/mol. The molecular weight excluding hydrogens is 510 g/mol. The average molecular weight is 540 g/mol. The average Bonchev–Trinajstić information content (AvgIpc) is 3.09. The molecule has 0 N–H and O–H groups in total. The molecule has 3 heteroatoms. The molecule has 3 aromatic carbocycles. The highest BCUT2D eigenvalue weighted by Crippen LogP contribution is 2.39. The zero-order valence-electron chi connectivity index (χ0n) is 23.1. The van der Waals surface area contributed by atoms with E-state index in [1.54, 1.807) is 0 Å². The van der Waals surface area contributed by atoms with Crippen molar-refractivity contribution in [3.8, 4) is 44.5 Å². The van der Waals surface area contributed by atoms with E-state index in [0.29, 0.717) is 0 Å². The van der Waals surface area contributed by atoms with Gasteiger partial charge in [-0.2, -0.15) is 0 Å². The van der Waals surface area contributed by atoms with Crippen molar-refractivity contribution in [3.05, 3.63) is 170 Å². The summed E-state index contributed by atoms with van der Waals surface area (Å²) in [4.78, 5) is 12.6. The third-order valence-electron chi connectivity index (χ3n) is 7.93. The van der Waals surface area contributed by atoms with Crippen LogP contribution in [0.15, 0.2) is 159 Å². The fourth-order valence-electron chi connectivity index (χ4n) is 5.73. The molecule has 6 aromatic rings. The van der Waals surface area contributed by atoms with Crippen LogP contribution in [0.25, 0.3) is 50.1 Å². The van der Waals surface area contributed by atoms with E-state index >= 15 is 0 Å². The molecule has 0 saturated heterocycles. The molecule has 200 valence electrons. The molecule has 0 spiro atoms. The Labute approximate surface area is 246 Å². The molecular formula is C39H29N3. The maximum Gasteiger partial charge on any atom is 0.0273 e. The molecule has 0 saturated carbocycles. The van der Waals surface area contributed by atoms with Gasteiger partial charge in [0.2, 0.25) is 0 Å². The first-order valence-corrected chi connectivity index (χ1v) is 14.2. The lowest BCUT2D eigenvalue weighted by Gasteiger charge is -2.21. The van der Waals surface area contributed by atoms with E-state index < -0.39 is 0 Å². The Morgan fingerprint density at radius 2 is 0.857 bits per heavy atom. The fourth-order valence-corrected chi connectivity index (χ4v) is 5.73. The number of nitrogens with zero attached hydrogens (tertiary/aromatic N) is 3. The van der Waals surface area contributed by atoms with Gasteiger partial charge in [-0.15, -0.1) is 0 Å². The minimum Gasteiger partial charge on any atom is -0.265 e. The lowest BCUT2D eigenvalue weighted by molar-refractivity contribution is 0.868. The van der Waals surface area contributed by atoms with E-state index in [1.165, 1.54) is 50.1 Å². The van der Waals surface area contributed by atoms with Crippen LogP contribution in [0, 0.1) is 0 Å². The van der Waals surface area contributed by atoms with Crippen molar-refractivity contribution in [1.82, 2.24) is 15.0 Å². The quantitative estimate of drug-likeness (QED) is 0.211. The van der Waals surface area contributed by atoms with Crippen molar-refractivity contribution in [3.63, 3.8) is 0 Å². The third-order valence-corrected chi connectivity index (χ3v) is 7.93. The van der Waals surface area contributed by atoms with E-state index in [0.717, 1.165) is 17.5 Å². The molecule has 3 aromatic heterocycles. The summed E-state index contributed by atoms with van der Waals surface area (Å²) in [6.07, 6.45) is 18.8. The van der Waals surface area contributed by atoms with E-state index in [2.05, 4.69) is 136 Å². The number of aromatic nitrogens is 3. The highest BCUT2D eigenvalue weighted by Gasteiger charge is 2.18. The van der Waals surface area contributed by atoms with Crippen molar-refractivity contribution in [2.75, 3.05) is 0 Å². The number of allylic oxidation sites excluding steroid dienone is 4. The number of benzene rings is 3. The van der Waals surface area contributed by atoms with Crippen LogP contribution in [0.5, 0.6) is 0 Å². The first-order valence-electron chi connectivity index (χ1n) is 14.2. The second-order valence-corrected chi connectivity index (χ2v) is 10.6. The Morgan fingerprint density at radius 3 is 1.36 bits per heavy atom. The summed E-state index contributed by atoms with van der Waals surface area (Å²) in [5.41, 5.74) is 13.4. The van der Waals surface area contributed by atoms with Gasteiger partial charge in [0.25, 0.3) is 0 Å². The molecule has 0 amide bonds. The topological polar surface area (TPSA) is 38.7 Å². The summed E-state index contributed by atoms with van der Waals surface area (Å²) < 4.78 is 0. The summed E-state index contributed by atoms with van der Waals surface area (Å²) in [5, 5.41) is 0. The van der Waals surface area contributed by atoms with E-state index in [-0.39, 0.29) is 5.92 Å². The van der Waals surface area contributed by atoms with Gasteiger partial charge >= 0.3 is 0 Å². The SMILES string of the molecule is C1=CC(c2cc(-c3cccc(-c4ccncc4)c3)cc(-c3cccc(-c4ccncc4)c3)c2)CC(c2ccncc2)=C1. The lowest BCUT2D eigenvalue weighted by atomic mass is 9.83. The molecule has 1 aliphatic carbocycles. The van der Waals surface area contributed by atoms with Crippen LogP contribution < -0.4 is 0 Å². The molecule has 0 bridgehead atoms. The summed E-state index contributed by atoms with van der Waals surface area (Å²) >= 11 is 0. The van der Waals surface area contributed by atoms with Gasteiger partial charge in [-0.25, -0.2) is 0 Å². The van der Waals surface area contributed by atoms with Crippen molar-refractivity contribution in [1.29, 1.82) is 0 Å². The van der Waals surface area contributed by atoms with Crippen molar-refractivity contribution >= 4 is 5.57 Å². The Hall–Kier alpha value is -5.41. The summed E-state index contributed by atoms with van der Waals surface area (Å²) in [7, 11) is 0. The van der Waals surface area contributed by atoms with E-state index in [1.807, 2.05) is 37.2 Å². The number of hydrogen-bond donors (Lipinski definition) is 0. The molecule has 7 rings (SSSR count). The van der Waals surface area contributed by atoms with Crippen LogP contribution in [0.3, 0.4) is 0 Å². The first-order chi connectivity index (χ1) is 20.8. The van der Waals surface area contributed by atoms with Crippen LogP contribution >= 0.6 is 0 Å². The Bertz CT molecular complexity index is 1790. The van der Waals surface area contributed by atoms with Gasteiger partial charge in [0.05, 0.1) is 0 Å². The Kier molecular flexibility index (Phi) is 7.06. The highest BCUT2D eigenvalue weighted by atomic mass is 14.6. The van der Waals surface area contributed by atoms with Crippen molar-refractivity contribution < 1.29 is 0 Å². The fraction of sp³-hybridized carbons (Fsp3) is 0.0513. The first kappa shape index (κ1) is 25.6. The van der Waals surface area contributed by atoms with E-state index in [9.17, 15) is 0 Å². The summed E-state index contributed by atoms with van der Waals surface area (Å²) in [5.74, 6) is 0.267. The molecule has 42 heavy (non-hydrogen) atoms. The van der Waals surface area contributed by atoms with Crippen molar-refractivity contribution in [2.45, 2.75) is 12.3 Å². The van der Waals surface area contributed by atoms with Gasteiger partial charge in [-0.3, -0.25) is 15.0 Å². The largest absolute Gasteiger partial charge is 0.265 e. The van der Waals surface area contributed by atoms with Crippen LogP contribution in [0.4, 0.5) is 0 Å². The predicted octanol–water partition coefficient (Wildman–Crippen LogP) is 9.67. The van der Waals surface area contributed by atoms with Gasteiger partial charge in [0.1, 0.15) is 0 Å². The molecule has 1 atom stereocenters. The number of hydrogen-bond acceptors (Lipinski definition) is 3. The molecule has 0 fully saturated rings. The monoisotopic (exact) mass is 539 g/mol. The van der Waals surface area contributed by atoms with Crippen LogP contribution in [-0.4, -0.2) is 15.0 Å². The maximum absolute atomic E-state index is 4.21. The van der Waals surface area contributed by atoms with Gasteiger partial charge < -0.3 is 0 Å². The van der Waals surface area contributed by atoms with Crippen LogP contribution in [0.1, 0.15) is 23.5 Å². The molecule has 1 aliphatic rings. The minimum absolute atomic E-state index is 0.267. The van der Waals surface area contributed by atoms with Crippen molar-refractivity contribution in [2.24, 2.45) is 0 Å². The molecule has 0 radical (unpaired) electrons. The third kappa shape index (κ3) is 5.45. The lowest BCUT2D eigenvalue weighted by Crippen LogP contribution is -2.02. The minimum atomic E-state index is 0.267. The van der Waals surface area contributed by atoms with Gasteiger partial charge in [-0.05, 0) is 122 Å². The maximum atomic E-state index is 4.21. The zero-order chi connectivity index (χ0) is 28.1. The van der Waals surface area contributed by atoms with Gasteiger partial charge in [0, 0.05) is 43.1 Å². The van der Waals surface area contributed by atoms with Gasteiger partial charge in [0.15, 0.2) is 0 Å². The van der Waals surface area contributed by atoms with Gasteiger partial charge in [-0.1, -0.05) is 66.8 Å². The summed E-state index contributed by atoms with van der Waals surface area (Å²) in [6.45, 7) is 0. The second kappa shape index (κ2) is 11.6. The summed E-state index contributed by atoms with van der Waals surface area (Å²) in [6, 6.07) is 37.1. The highest BCUT2D eigenvalue weighted by molar-refractivity contribution is 5.80.